The molecule has 1 aromatic heterocycles. The van der Waals surface area contributed by atoms with Crippen LogP contribution >= 0.6 is 0 Å². The third-order valence-electron chi connectivity index (χ3n) is 4.27. The number of ether oxygens (including phenoxy) is 2. The molecule has 4 nitrogen and oxygen atoms in total. The summed E-state index contributed by atoms with van der Waals surface area (Å²) in [6, 6.07) is 13.1. The van der Waals surface area contributed by atoms with Gasteiger partial charge >= 0.3 is 0 Å². The Kier molecular flexibility index (Phi) is 4.71. The zero-order chi connectivity index (χ0) is 15.4. The molecule has 1 saturated heterocycles. The molecule has 1 aliphatic rings. The highest BCUT2D eigenvalue weighted by Crippen LogP contribution is 2.25. The van der Waals surface area contributed by atoms with Gasteiger partial charge in [0.05, 0.1) is 20.3 Å². The molecule has 0 saturated carbocycles. The van der Waals surface area contributed by atoms with E-state index in [0.717, 1.165) is 31.9 Å². The van der Waals surface area contributed by atoms with Gasteiger partial charge in [0, 0.05) is 37.0 Å². The molecular weight excluding hydrogens is 276 g/mol. The Labute approximate surface area is 131 Å². The van der Waals surface area contributed by atoms with E-state index in [4.69, 9.17) is 9.47 Å². The van der Waals surface area contributed by atoms with Gasteiger partial charge in [-0.2, -0.15) is 0 Å². The summed E-state index contributed by atoms with van der Waals surface area (Å²) in [6.07, 6.45) is 1.85. The standard InChI is InChI=1S/C18H22N2O2/c1-14(20-9-11-22-12-10-20)15-3-5-16(6-4-15)17-7-8-18(21-2)19-13-17/h3-8,13-14H,9-12H2,1-2H3/t14-/m1/s1. The van der Waals surface area contributed by atoms with Gasteiger partial charge in [-0.05, 0) is 24.1 Å². The lowest BCUT2D eigenvalue weighted by Gasteiger charge is -2.32. The summed E-state index contributed by atoms with van der Waals surface area (Å²) in [6.45, 7) is 5.94. The fourth-order valence-corrected chi connectivity index (χ4v) is 2.80. The maximum absolute atomic E-state index is 5.42. The molecule has 2 heterocycles. The van der Waals surface area contributed by atoms with Crippen molar-refractivity contribution in [3.05, 3.63) is 48.2 Å². The third kappa shape index (κ3) is 3.29. The number of benzene rings is 1. The van der Waals surface area contributed by atoms with Crippen LogP contribution in [0, 0.1) is 0 Å². The molecule has 4 heteroatoms. The maximum atomic E-state index is 5.42. The van der Waals surface area contributed by atoms with E-state index in [9.17, 15) is 0 Å². The second-order valence-corrected chi connectivity index (χ2v) is 5.54. The number of morpholine rings is 1. The van der Waals surface area contributed by atoms with Crippen LogP contribution in [0.5, 0.6) is 5.88 Å². The maximum Gasteiger partial charge on any atom is 0.212 e. The van der Waals surface area contributed by atoms with E-state index >= 15 is 0 Å². The molecule has 0 bridgehead atoms. The lowest BCUT2D eigenvalue weighted by Crippen LogP contribution is -2.37. The van der Waals surface area contributed by atoms with Crippen LogP contribution < -0.4 is 4.74 Å². The number of hydrogen-bond acceptors (Lipinski definition) is 4. The van der Waals surface area contributed by atoms with Gasteiger partial charge in [0.15, 0.2) is 0 Å². The first kappa shape index (κ1) is 15.0. The summed E-state index contributed by atoms with van der Waals surface area (Å²) in [5.74, 6) is 0.640. The Morgan fingerprint density at radius 3 is 2.32 bits per heavy atom. The number of aromatic nitrogens is 1. The molecule has 0 unspecified atom stereocenters. The molecule has 1 fully saturated rings. The Hall–Kier alpha value is -1.91. The Morgan fingerprint density at radius 1 is 1.05 bits per heavy atom. The second kappa shape index (κ2) is 6.90. The van der Waals surface area contributed by atoms with Gasteiger partial charge in [-0.1, -0.05) is 24.3 Å². The topological polar surface area (TPSA) is 34.6 Å². The highest BCUT2D eigenvalue weighted by Gasteiger charge is 2.18. The Bertz CT molecular complexity index is 589. The van der Waals surface area contributed by atoms with Gasteiger partial charge in [0.2, 0.25) is 5.88 Å². The summed E-state index contributed by atoms with van der Waals surface area (Å²) in [5.41, 5.74) is 3.62. The average molecular weight is 298 g/mol. The first-order chi connectivity index (χ1) is 10.8. The Balaban J connectivity index is 1.73. The van der Waals surface area contributed by atoms with Crippen molar-refractivity contribution in [2.75, 3.05) is 33.4 Å². The smallest absolute Gasteiger partial charge is 0.212 e. The number of pyridine rings is 1. The largest absolute Gasteiger partial charge is 0.481 e. The molecule has 0 amide bonds. The lowest BCUT2D eigenvalue weighted by atomic mass is 10.0. The molecule has 1 aliphatic heterocycles. The minimum Gasteiger partial charge on any atom is -0.481 e. The normalized spacial score (nSPS) is 17.2. The quantitative estimate of drug-likeness (QED) is 0.868. The summed E-state index contributed by atoms with van der Waals surface area (Å²) in [5, 5.41) is 0. The van der Waals surface area contributed by atoms with Crippen LogP contribution in [0.1, 0.15) is 18.5 Å². The summed E-state index contributed by atoms with van der Waals surface area (Å²) >= 11 is 0. The molecule has 1 atom stereocenters. The molecule has 116 valence electrons. The van der Waals surface area contributed by atoms with E-state index in [0.29, 0.717) is 11.9 Å². The minimum absolute atomic E-state index is 0.423. The van der Waals surface area contributed by atoms with Crippen LogP contribution in [0.15, 0.2) is 42.6 Å². The molecule has 0 spiro atoms. The second-order valence-electron chi connectivity index (χ2n) is 5.54. The first-order valence-corrected chi connectivity index (χ1v) is 7.70. The highest BCUT2D eigenvalue weighted by molar-refractivity contribution is 5.63. The zero-order valence-corrected chi connectivity index (χ0v) is 13.2. The van der Waals surface area contributed by atoms with E-state index in [-0.39, 0.29) is 0 Å². The van der Waals surface area contributed by atoms with Crippen molar-refractivity contribution >= 4 is 0 Å². The van der Waals surface area contributed by atoms with Crippen molar-refractivity contribution in [2.45, 2.75) is 13.0 Å². The first-order valence-electron chi connectivity index (χ1n) is 7.70. The molecule has 0 aliphatic carbocycles. The van der Waals surface area contributed by atoms with E-state index < -0.39 is 0 Å². The highest BCUT2D eigenvalue weighted by atomic mass is 16.5. The summed E-state index contributed by atoms with van der Waals surface area (Å²) in [4.78, 5) is 6.73. The molecule has 0 N–H and O–H groups in total. The van der Waals surface area contributed by atoms with Crippen LogP contribution in [0.2, 0.25) is 0 Å². The monoisotopic (exact) mass is 298 g/mol. The Morgan fingerprint density at radius 2 is 1.73 bits per heavy atom. The summed E-state index contributed by atoms with van der Waals surface area (Å²) < 4.78 is 10.5. The van der Waals surface area contributed by atoms with Crippen LogP contribution in [0.3, 0.4) is 0 Å². The van der Waals surface area contributed by atoms with Gasteiger partial charge in [-0.25, -0.2) is 4.98 Å². The van der Waals surface area contributed by atoms with Crippen molar-refractivity contribution in [1.82, 2.24) is 9.88 Å². The van der Waals surface area contributed by atoms with Crippen LogP contribution in [0.4, 0.5) is 0 Å². The van der Waals surface area contributed by atoms with Gasteiger partial charge in [-0.15, -0.1) is 0 Å². The number of nitrogens with zero attached hydrogens (tertiary/aromatic N) is 2. The fourth-order valence-electron chi connectivity index (χ4n) is 2.80. The van der Waals surface area contributed by atoms with Gasteiger partial charge < -0.3 is 9.47 Å². The molecule has 3 rings (SSSR count). The number of rotatable bonds is 4. The molecule has 1 aromatic carbocycles. The van der Waals surface area contributed by atoms with Crippen molar-refractivity contribution in [1.29, 1.82) is 0 Å². The van der Waals surface area contributed by atoms with Gasteiger partial charge in [-0.3, -0.25) is 4.90 Å². The molecule has 22 heavy (non-hydrogen) atoms. The van der Waals surface area contributed by atoms with Crippen molar-refractivity contribution in [3.63, 3.8) is 0 Å². The van der Waals surface area contributed by atoms with E-state index in [1.54, 1.807) is 7.11 Å². The van der Waals surface area contributed by atoms with Gasteiger partial charge in [0.1, 0.15) is 0 Å². The number of hydrogen-bond donors (Lipinski definition) is 0. The fraction of sp³-hybridized carbons (Fsp3) is 0.389. The van der Waals surface area contributed by atoms with Crippen molar-refractivity contribution in [3.8, 4) is 17.0 Å². The number of methoxy groups -OCH3 is 1. The van der Waals surface area contributed by atoms with Crippen LogP contribution in [-0.4, -0.2) is 43.3 Å². The van der Waals surface area contributed by atoms with Crippen LogP contribution in [0.25, 0.3) is 11.1 Å². The molecule has 2 aromatic rings. The van der Waals surface area contributed by atoms with Crippen molar-refractivity contribution in [2.24, 2.45) is 0 Å². The summed E-state index contributed by atoms with van der Waals surface area (Å²) in [7, 11) is 1.63. The predicted octanol–water partition coefficient (Wildman–Crippen LogP) is 3.15. The SMILES string of the molecule is COc1ccc(-c2ccc([C@@H](C)N3CCOCC3)cc2)cn1. The lowest BCUT2D eigenvalue weighted by molar-refractivity contribution is 0.0198. The van der Waals surface area contributed by atoms with Crippen LogP contribution in [-0.2, 0) is 4.74 Å². The average Bonchev–Trinajstić information content (AvgIpc) is 2.62. The molecule has 0 radical (unpaired) electrons. The van der Waals surface area contributed by atoms with E-state index in [1.165, 1.54) is 11.1 Å². The van der Waals surface area contributed by atoms with Crippen molar-refractivity contribution < 1.29 is 9.47 Å². The van der Waals surface area contributed by atoms with Gasteiger partial charge in [0.25, 0.3) is 0 Å². The predicted molar refractivity (Wildman–Crippen MR) is 87.0 cm³/mol. The minimum atomic E-state index is 0.423. The van der Waals surface area contributed by atoms with E-state index in [1.807, 2.05) is 18.3 Å². The van der Waals surface area contributed by atoms with E-state index in [2.05, 4.69) is 41.1 Å². The zero-order valence-electron chi connectivity index (χ0n) is 13.2. The third-order valence-corrected chi connectivity index (χ3v) is 4.27. The molecular formula is C18H22N2O2.